The third kappa shape index (κ3) is 3.28. The van der Waals surface area contributed by atoms with Crippen molar-refractivity contribution in [1.29, 1.82) is 0 Å². The van der Waals surface area contributed by atoms with Crippen molar-refractivity contribution < 1.29 is 8.42 Å². The van der Waals surface area contributed by atoms with Crippen molar-refractivity contribution >= 4 is 21.4 Å². The Kier molecular flexibility index (Phi) is 4.26. The van der Waals surface area contributed by atoms with Gasteiger partial charge in [0.25, 0.3) is 0 Å². The number of anilines is 2. The summed E-state index contributed by atoms with van der Waals surface area (Å²) >= 11 is 0. The number of hydrogen-bond donors (Lipinski definition) is 4. The highest BCUT2D eigenvalue weighted by Crippen LogP contribution is 2.22. The minimum atomic E-state index is -3.47. The summed E-state index contributed by atoms with van der Waals surface area (Å²) in [5.74, 6) is 0. The predicted octanol–water partition coefficient (Wildman–Crippen LogP) is 0.555. The molecule has 0 bridgehead atoms. The van der Waals surface area contributed by atoms with Crippen molar-refractivity contribution in [3.8, 4) is 0 Å². The second-order valence-corrected chi connectivity index (χ2v) is 6.10. The molecule has 0 unspecified atom stereocenters. The molecule has 0 fully saturated rings. The van der Waals surface area contributed by atoms with Gasteiger partial charge in [0, 0.05) is 24.9 Å². The molecule has 0 spiro atoms. The molecule has 2 rings (SSSR count). The van der Waals surface area contributed by atoms with Crippen molar-refractivity contribution in [1.82, 2.24) is 14.7 Å². The molecule has 5 N–H and O–H groups in total. The molecule has 8 heteroatoms. The van der Waals surface area contributed by atoms with Gasteiger partial charge >= 0.3 is 0 Å². The van der Waals surface area contributed by atoms with Crippen LogP contribution >= 0.6 is 0 Å². The van der Waals surface area contributed by atoms with Gasteiger partial charge in [-0.05, 0) is 25.2 Å². The molecule has 1 aromatic heterocycles. The van der Waals surface area contributed by atoms with E-state index in [-0.39, 0.29) is 4.90 Å². The van der Waals surface area contributed by atoms with Crippen molar-refractivity contribution in [2.75, 3.05) is 24.6 Å². The van der Waals surface area contributed by atoms with Gasteiger partial charge < -0.3 is 16.0 Å². The highest BCUT2D eigenvalue weighted by atomic mass is 32.2. The molecule has 0 radical (unpaired) electrons. The van der Waals surface area contributed by atoms with E-state index in [4.69, 9.17) is 5.73 Å². The minimum Gasteiger partial charge on any atom is -0.397 e. The van der Waals surface area contributed by atoms with Crippen LogP contribution < -0.4 is 15.8 Å². The van der Waals surface area contributed by atoms with Gasteiger partial charge in [-0.15, -0.1) is 0 Å². The Morgan fingerprint density at radius 1 is 1.40 bits per heavy atom. The number of sulfonamides is 1. The van der Waals surface area contributed by atoms with Gasteiger partial charge in [0.15, 0.2) is 0 Å². The maximum Gasteiger partial charge on any atom is 0.240 e. The van der Waals surface area contributed by atoms with Crippen LogP contribution in [0.5, 0.6) is 0 Å². The lowest BCUT2D eigenvalue weighted by atomic mass is 10.2. The van der Waals surface area contributed by atoms with Gasteiger partial charge in [0.1, 0.15) is 0 Å². The second-order valence-electron chi connectivity index (χ2n) is 4.21. The summed E-state index contributed by atoms with van der Waals surface area (Å²) in [5.41, 5.74) is 7.93. The lowest BCUT2D eigenvalue weighted by Crippen LogP contribution is -2.19. The number of aromatic nitrogens is 2. The largest absolute Gasteiger partial charge is 0.397 e. The minimum absolute atomic E-state index is 0.179. The van der Waals surface area contributed by atoms with Gasteiger partial charge in [0.05, 0.1) is 22.6 Å². The third-order valence-corrected chi connectivity index (χ3v) is 4.28. The Bertz CT molecular complexity index is 667. The molecule has 0 saturated carbocycles. The number of H-pyrrole nitrogens is 1. The SMILES string of the molecule is CNS(=O)(=O)c1ccc(N)c(NCCc2cnc[nH]2)c1. The molecular formula is C12H17N5O2S. The van der Waals surface area contributed by atoms with E-state index in [0.717, 1.165) is 12.1 Å². The maximum absolute atomic E-state index is 11.7. The number of nitrogens with one attached hydrogen (secondary N) is 3. The van der Waals surface area contributed by atoms with E-state index in [1.54, 1.807) is 18.6 Å². The Morgan fingerprint density at radius 2 is 2.20 bits per heavy atom. The molecule has 1 aromatic carbocycles. The van der Waals surface area contributed by atoms with Crippen molar-refractivity contribution in [2.24, 2.45) is 0 Å². The topological polar surface area (TPSA) is 113 Å². The number of imidazole rings is 1. The van der Waals surface area contributed by atoms with Crippen LogP contribution in [-0.2, 0) is 16.4 Å². The quantitative estimate of drug-likeness (QED) is 0.581. The average molecular weight is 295 g/mol. The first-order chi connectivity index (χ1) is 9.53. The van der Waals surface area contributed by atoms with Crippen LogP contribution in [0.25, 0.3) is 0 Å². The number of aromatic amines is 1. The van der Waals surface area contributed by atoms with Crippen LogP contribution in [-0.4, -0.2) is 32.0 Å². The monoisotopic (exact) mass is 295 g/mol. The number of nitrogens with zero attached hydrogens (tertiary/aromatic N) is 1. The van der Waals surface area contributed by atoms with Gasteiger partial charge in [-0.25, -0.2) is 18.1 Å². The second kappa shape index (κ2) is 5.93. The van der Waals surface area contributed by atoms with E-state index < -0.39 is 10.0 Å². The molecule has 0 atom stereocenters. The summed E-state index contributed by atoms with van der Waals surface area (Å²) in [6, 6.07) is 4.57. The van der Waals surface area contributed by atoms with Crippen LogP contribution in [0, 0.1) is 0 Å². The molecule has 0 saturated heterocycles. The Morgan fingerprint density at radius 3 is 2.85 bits per heavy atom. The smallest absolute Gasteiger partial charge is 0.240 e. The fourth-order valence-corrected chi connectivity index (χ4v) is 2.48. The van der Waals surface area contributed by atoms with Crippen molar-refractivity contribution in [3.63, 3.8) is 0 Å². The number of nitrogens with two attached hydrogens (primary N) is 1. The molecular weight excluding hydrogens is 278 g/mol. The fourth-order valence-electron chi connectivity index (χ4n) is 1.73. The third-order valence-electron chi connectivity index (χ3n) is 2.87. The molecule has 1 heterocycles. The maximum atomic E-state index is 11.7. The molecule has 2 aromatic rings. The fraction of sp³-hybridized carbons (Fsp3) is 0.250. The summed E-state index contributed by atoms with van der Waals surface area (Å²) < 4.78 is 25.7. The van der Waals surface area contributed by atoms with Gasteiger partial charge in [-0.2, -0.15) is 0 Å². The number of benzene rings is 1. The van der Waals surface area contributed by atoms with Crippen LogP contribution in [0.2, 0.25) is 0 Å². The molecule has 20 heavy (non-hydrogen) atoms. The summed E-state index contributed by atoms with van der Waals surface area (Å²) in [6.45, 7) is 0.620. The van der Waals surface area contributed by atoms with Gasteiger partial charge in [0.2, 0.25) is 10.0 Å². The first kappa shape index (κ1) is 14.4. The van der Waals surface area contributed by atoms with E-state index in [1.165, 1.54) is 19.2 Å². The van der Waals surface area contributed by atoms with Crippen LogP contribution in [0.4, 0.5) is 11.4 Å². The summed E-state index contributed by atoms with van der Waals surface area (Å²) in [5, 5.41) is 3.12. The first-order valence-electron chi connectivity index (χ1n) is 6.07. The summed E-state index contributed by atoms with van der Waals surface area (Å²) in [6.07, 6.45) is 4.10. The molecule has 0 aliphatic heterocycles. The van der Waals surface area contributed by atoms with Crippen LogP contribution in [0.3, 0.4) is 0 Å². The van der Waals surface area contributed by atoms with Gasteiger partial charge in [-0.3, -0.25) is 0 Å². The Balaban J connectivity index is 2.09. The number of rotatable bonds is 6. The summed E-state index contributed by atoms with van der Waals surface area (Å²) in [4.78, 5) is 7.10. The number of hydrogen-bond acceptors (Lipinski definition) is 5. The van der Waals surface area contributed by atoms with Crippen molar-refractivity contribution in [3.05, 3.63) is 36.4 Å². The molecule has 0 amide bonds. The van der Waals surface area contributed by atoms with E-state index in [0.29, 0.717) is 17.9 Å². The summed E-state index contributed by atoms with van der Waals surface area (Å²) in [7, 11) is -2.10. The highest BCUT2D eigenvalue weighted by molar-refractivity contribution is 7.89. The highest BCUT2D eigenvalue weighted by Gasteiger charge is 2.12. The Hall–Kier alpha value is -2.06. The van der Waals surface area contributed by atoms with E-state index in [1.807, 2.05) is 0 Å². The van der Waals surface area contributed by atoms with E-state index in [2.05, 4.69) is 20.0 Å². The molecule has 0 aliphatic carbocycles. The zero-order valence-corrected chi connectivity index (χ0v) is 11.9. The first-order valence-corrected chi connectivity index (χ1v) is 7.55. The zero-order chi connectivity index (χ0) is 14.6. The van der Waals surface area contributed by atoms with Gasteiger partial charge in [-0.1, -0.05) is 0 Å². The lowest BCUT2D eigenvalue weighted by Gasteiger charge is -2.11. The van der Waals surface area contributed by atoms with E-state index >= 15 is 0 Å². The van der Waals surface area contributed by atoms with Crippen molar-refractivity contribution in [2.45, 2.75) is 11.3 Å². The van der Waals surface area contributed by atoms with Crippen LogP contribution in [0.15, 0.2) is 35.6 Å². The zero-order valence-electron chi connectivity index (χ0n) is 11.1. The Labute approximate surface area is 117 Å². The molecule has 108 valence electrons. The molecule has 7 nitrogen and oxygen atoms in total. The average Bonchev–Trinajstić information content (AvgIpc) is 2.94. The standard InChI is InChI=1S/C12H17N5O2S/c1-14-20(18,19)10-2-3-11(13)12(6-10)16-5-4-9-7-15-8-17-9/h2-3,6-8,14,16H,4-5,13H2,1H3,(H,15,17). The predicted molar refractivity (Wildman–Crippen MR) is 77.9 cm³/mol. The lowest BCUT2D eigenvalue weighted by molar-refractivity contribution is 0.588. The van der Waals surface area contributed by atoms with E-state index in [9.17, 15) is 8.42 Å². The van der Waals surface area contributed by atoms with Crippen LogP contribution in [0.1, 0.15) is 5.69 Å². The normalized spacial score (nSPS) is 11.4. The number of nitrogen functional groups attached to an aromatic ring is 1. The molecule has 0 aliphatic rings.